The molecule has 2 rings (SSSR count). The van der Waals surface area contributed by atoms with Crippen LogP contribution in [-0.4, -0.2) is 14.8 Å². The van der Waals surface area contributed by atoms with Crippen molar-refractivity contribution in [3.05, 3.63) is 26.1 Å². The van der Waals surface area contributed by atoms with Crippen LogP contribution in [0.15, 0.2) is 12.1 Å². The number of hydrogen-bond acceptors (Lipinski definition) is 4. The normalized spacial score (nSPS) is 10.6. The lowest BCUT2D eigenvalue weighted by Gasteiger charge is -1.99. The summed E-state index contributed by atoms with van der Waals surface area (Å²) in [6.45, 7) is 0.610. The fourth-order valence-electron chi connectivity index (χ4n) is 1.08. The smallest absolute Gasteiger partial charge is 0.220 e. The summed E-state index contributed by atoms with van der Waals surface area (Å²) in [5.74, 6) is 0.388. The molecular weight excluding hydrogens is 240 g/mol. The molecule has 0 saturated carbocycles. The van der Waals surface area contributed by atoms with Crippen molar-refractivity contribution in [1.29, 1.82) is 0 Å². The number of nitrogens with zero attached hydrogens (tertiary/aromatic N) is 2. The number of nitrogens with one attached hydrogen (secondary N) is 1. The minimum absolute atomic E-state index is 0.388. The summed E-state index contributed by atoms with van der Waals surface area (Å²) in [6.07, 6.45) is 0. The van der Waals surface area contributed by atoms with Crippen LogP contribution < -0.4 is 5.73 Å². The molecule has 0 radical (unpaired) electrons. The van der Waals surface area contributed by atoms with Crippen LogP contribution in [0.2, 0.25) is 4.34 Å². The van der Waals surface area contributed by atoms with Crippen LogP contribution >= 0.6 is 35.2 Å². The minimum Gasteiger partial charge on any atom is -0.368 e. The highest BCUT2D eigenvalue weighted by Gasteiger charge is 2.04. The number of anilines is 1. The first kappa shape index (κ1) is 9.70. The van der Waals surface area contributed by atoms with Crippen molar-refractivity contribution in [2.24, 2.45) is 0 Å². The van der Waals surface area contributed by atoms with Gasteiger partial charge in [0.25, 0.3) is 0 Å². The van der Waals surface area contributed by atoms with E-state index in [-0.39, 0.29) is 0 Å². The number of nitrogens with two attached hydrogens (primary N) is 1. The highest BCUT2D eigenvalue weighted by Crippen LogP contribution is 2.22. The first-order chi connectivity index (χ1) is 6.66. The fraction of sp³-hybridized carbons (Fsp3) is 0.143. The lowest BCUT2D eigenvalue weighted by Crippen LogP contribution is -2.03. The summed E-state index contributed by atoms with van der Waals surface area (Å²) in [4.78, 5) is 1.10. The van der Waals surface area contributed by atoms with Crippen molar-refractivity contribution in [3.8, 4) is 0 Å². The zero-order chi connectivity index (χ0) is 10.1. The van der Waals surface area contributed by atoms with Crippen molar-refractivity contribution in [1.82, 2.24) is 14.8 Å². The molecule has 0 aliphatic rings. The number of halogens is 1. The standard InChI is InChI=1S/C7H7ClN4S2/c8-5-2-1-4(14-5)3-12-6(9)10-11-7(12)13/h1-2H,3H2,(H2,9,10)(H,11,13). The lowest BCUT2D eigenvalue weighted by atomic mass is 10.4. The largest absolute Gasteiger partial charge is 0.368 e. The minimum atomic E-state index is 0.388. The average Bonchev–Trinajstić information content (AvgIpc) is 2.67. The summed E-state index contributed by atoms with van der Waals surface area (Å²) >= 11 is 12.3. The van der Waals surface area contributed by atoms with E-state index < -0.39 is 0 Å². The molecule has 0 aliphatic carbocycles. The molecule has 14 heavy (non-hydrogen) atoms. The van der Waals surface area contributed by atoms with Crippen LogP contribution in [0, 0.1) is 4.77 Å². The molecule has 0 aliphatic heterocycles. The molecule has 0 saturated heterocycles. The van der Waals surface area contributed by atoms with Gasteiger partial charge in [-0.1, -0.05) is 11.6 Å². The first-order valence-corrected chi connectivity index (χ1v) is 5.42. The first-order valence-electron chi connectivity index (χ1n) is 3.81. The number of rotatable bonds is 2. The van der Waals surface area contributed by atoms with E-state index in [0.29, 0.717) is 17.3 Å². The maximum atomic E-state index is 5.81. The summed E-state index contributed by atoms with van der Waals surface area (Å²) in [6, 6.07) is 3.79. The Labute approximate surface area is 94.3 Å². The quantitative estimate of drug-likeness (QED) is 0.800. The van der Waals surface area contributed by atoms with Crippen molar-refractivity contribution >= 4 is 41.1 Å². The highest BCUT2D eigenvalue weighted by molar-refractivity contribution is 7.71. The van der Waals surface area contributed by atoms with Crippen LogP contribution in [0.5, 0.6) is 0 Å². The van der Waals surface area contributed by atoms with Gasteiger partial charge in [-0.05, 0) is 24.4 Å². The van der Waals surface area contributed by atoms with Crippen molar-refractivity contribution in [2.45, 2.75) is 6.54 Å². The van der Waals surface area contributed by atoms with E-state index >= 15 is 0 Å². The number of nitrogen functional groups attached to an aromatic ring is 1. The zero-order valence-corrected chi connectivity index (χ0v) is 9.42. The SMILES string of the molecule is Nc1n[nH]c(=S)n1Cc1ccc(Cl)s1. The van der Waals surface area contributed by atoms with E-state index in [9.17, 15) is 0 Å². The van der Waals surface area contributed by atoms with E-state index in [0.717, 1.165) is 9.21 Å². The van der Waals surface area contributed by atoms with Gasteiger partial charge < -0.3 is 5.73 Å². The second kappa shape index (κ2) is 3.72. The third-order valence-electron chi connectivity index (χ3n) is 1.73. The molecule has 74 valence electrons. The van der Waals surface area contributed by atoms with Crippen LogP contribution in [0.4, 0.5) is 5.95 Å². The summed E-state index contributed by atoms with van der Waals surface area (Å²) in [5.41, 5.74) is 5.62. The molecule has 0 amide bonds. The molecule has 2 aromatic rings. The maximum Gasteiger partial charge on any atom is 0.220 e. The summed E-state index contributed by atoms with van der Waals surface area (Å²) < 4.78 is 3.00. The van der Waals surface area contributed by atoms with Gasteiger partial charge in [0.1, 0.15) is 0 Å². The molecule has 0 unspecified atom stereocenters. The summed E-state index contributed by atoms with van der Waals surface area (Å²) in [7, 11) is 0. The molecule has 0 spiro atoms. The maximum absolute atomic E-state index is 5.81. The Bertz CT molecular complexity index is 498. The molecular formula is C7H7ClN4S2. The van der Waals surface area contributed by atoms with Crippen LogP contribution in [0.25, 0.3) is 0 Å². The molecule has 0 bridgehead atoms. The molecule has 0 aromatic carbocycles. The predicted molar refractivity (Wildman–Crippen MR) is 60.3 cm³/mol. The summed E-state index contributed by atoms with van der Waals surface area (Å²) in [5, 5.41) is 6.44. The predicted octanol–water partition coefficient (Wildman–Crippen LogP) is 2.29. The molecule has 2 aromatic heterocycles. The van der Waals surface area contributed by atoms with Gasteiger partial charge in [-0.25, -0.2) is 5.10 Å². The second-order valence-corrected chi connectivity index (χ2v) is 4.87. The molecule has 2 heterocycles. The molecule has 0 fully saturated rings. The van der Waals surface area contributed by atoms with Gasteiger partial charge in [-0.3, -0.25) is 4.57 Å². The number of hydrogen-bond donors (Lipinski definition) is 2. The average molecular weight is 247 g/mol. The van der Waals surface area contributed by atoms with Crippen molar-refractivity contribution in [3.63, 3.8) is 0 Å². The number of aromatic amines is 1. The van der Waals surface area contributed by atoms with Gasteiger partial charge in [-0.2, -0.15) is 0 Å². The van der Waals surface area contributed by atoms with Gasteiger partial charge in [0.05, 0.1) is 10.9 Å². The van der Waals surface area contributed by atoms with E-state index in [4.69, 9.17) is 29.6 Å². The van der Waals surface area contributed by atoms with Gasteiger partial charge in [0, 0.05) is 4.88 Å². The van der Waals surface area contributed by atoms with Crippen molar-refractivity contribution in [2.75, 3.05) is 5.73 Å². The van der Waals surface area contributed by atoms with E-state index in [2.05, 4.69) is 10.2 Å². The van der Waals surface area contributed by atoms with Gasteiger partial charge >= 0.3 is 0 Å². The Morgan fingerprint density at radius 2 is 2.43 bits per heavy atom. The highest BCUT2D eigenvalue weighted by atomic mass is 35.5. The molecule has 3 N–H and O–H groups in total. The third-order valence-corrected chi connectivity index (χ3v) is 3.26. The molecule has 7 heteroatoms. The molecule has 4 nitrogen and oxygen atoms in total. The van der Waals surface area contributed by atoms with E-state index in [1.54, 1.807) is 4.57 Å². The Hall–Kier alpha value is -0.850. The lowest BCUT2D eigenvalue weighted by molar-refractivity contribution is 0.806. The van der Waals surface area contributed by atoms with Crippen molar-refractivity contribution < 1.29 is 0 Å². The topological polar surface area (TPSA) is 59.6 Å². The number of aromatic nitrogens is 3. The van der Waals surface area contributed by atoms with Gasteiger partial charge in [-0.15, -0.1) is 16.4 Å². The molecule has 0 atom stereocenters. The zero-order valence-electron chi connectivity index (χ0n) is 7.03. The van der Waals surface area contributed by atoms with E-state index in [1.165, 1.54) is 11.3 Å². The van der Waals surface area contributed by atoms with Crippen LogP contribution in [0.1, 0.15) is 4.88 Å². The monoisotopic (exact) mass is 246 g/mol. The Morgan fingerprint density at radius 3 is 2.93 bits per heavy atom. The van der Waals surface area contributed by atoms with Crippen LogP contribution in [0.3, 0.4) is 0 Å². The Morgan fingerprint density at radius 1 is 1.64 bits per heavy atom. The Kier molecular flexibility index (Phi) is 2.58. The third kappa shape index (κ3) is 1.82. The number of thiophene rings is 1. The van der Waals surface area contributed by atoms with Gasteiger partial charge in [0.15, 0.2) is 4.77 Å². The van der Waals surface area contributed by atoms with Crippen LogP contribution in [-0.2, 0) is 6.54 Å². The Balaban J connectivity index is 2.31. The van der Waals surface area contributed by atoms with Gasteiger partial charge in [0.2, 0.25) is 5.95 Å². The number of H-pyrrole nitrogens is 1. The van der Waals surface area contributed by atoms with E-state index in [1.807, 2.05) is 12.1 Å². The second-order valence-electron chi connectivity index (χ2n) is 2.68. The fourth-order valence-corrected chi connectivity index (χ4v) is 2.36.